The van der Waals surface area contributed by atoms with Crippen molar-refractivity contribution in [2.75, 3.05) is 13.2 Å². The summed E-state index contributed by atoms with van der Waals surface area (Å²) in [6.45, 7) is 9.82. The molecule has 1 fully saturated rings. The summed E-state index contributed by atoms with van der Waals surface area (Å²) < 4.78 is 7.24. The molecule has 0 aliphatic heterocycles. The minimum atomic E-state index is -0.107. The Morgan fingerprint density at radius 2 is 2.09 bits per heavy atom. The Kier molecular flexibility index (Phi) is 5.30. The second kappa shape index (κ2) is 6.87. The summed E-state index contributed by atoms with van der Waals surface area (Å²) in [4.78, 5) is 26.4. The number of carbonyl (C=O) groups is 1. The van der Waals surface area contributed by atoms with E-state index in [2.05, 4.69) is 20.8 Å². The molecule has 23 heavy (non-hydrogen) atoms. The molecule has 0 aromatic carbocycles. The summed E-state index contributed by atoms with van der Waals surface area (Å²) >= 11 is 0. The van der Waals surface area contributed by atoms with Gasteiger partial charge in [-0.3, -0.25) is 9.59 Å². The number of aromatic nitrogens is 1. The number of ether oxygens (including phenoxy) is 1. The molecule has 1 aromatic rings. The molecule has 0 spiro atoms. The van der Waals surface area contributed by atoms with Gasteiger partial charge in [0.1, 0.15) is 0 Å². The number of amides is 1. The van der Waals surface area contributed by atoms with E-state index < -0.39 is 0 Å². The van der Waals surface area contributed by atoms with E-state index in [1.54, 1.807) is 19.3 Å². The van der Waals surface area contributed by atoms with Crippen LogP contribution in [0.15, 0.2) is 23.1 Å². The van der Waals surface area contributed by atoms with Gasteiger partial charge in [0.15, 0.2) is 0 Å². The molecule has 128 valence electrons. The van der Waals surface area contributed by atoms with Crippen LogP contribution < -0.4 is 5.56 Å². The lowest BCUT2D eigenvalue weighted by atomic mass is 9.63. The molecule has 0 saturated heterocycles. The van der Waals surface area contributed by atoms with E-state index in [0.29, 0.717) is 18.7 Å². The predicted octanol–water partition coefficient (Wildman–Crippen LogP) is 2.44. The Hall–Kier alpha value is -1.62. The van der Waals surface area contributed by atoms with Crippen molar-refractivity contribution in [3.05, 3.63) is 34.2 Å². The molecule has 1 saturated carbocycles. The maximum Gasteiger partial charge on any atom is 0.255 e. The van der Waals surface area contributed by atoms with Crippen molar-refractivity contribution < 1.29 is 9.53 Å². The van der Waals surface area contributed by atoms with Crippen LogP contribution in [0, 0.1) is 5.41 Å². The minimum absolute atomic E-state index is 0.00419. The van der Waals surface area contributed by atoms with Gasteiger partial charge in [0.25, 0.3) is 5.91 Å². The van der Waals surface area contributed by atoms with E-state index in [9.17, 15) is 9.59 Å². The Morgan fingerprint density at radius 1 is 1.39 bits per heavy atom. The molecule has 2 atom stereocenters. The molecule has 5 nitrogen and oxygen atoms in total. The van der Waals surface area contributed by atoms with Crippen molar-refractivity contribution in [3.63, 3.8) is 0 Å². The Bertz CT molecular complexity index is 621. The second-order valence-electron chi connectivity index (χ2n) is 6.88. The summed E-state index contributed by atoms with van der Waals surface area (Å²) in [6.07, 6.45) is 3.60. The third-order valence-corrected chi connectivity index (χ3v) is 4.93. The maximum atomic E-state index is 13.0. The lowest BCUT2D eigenvalue weighted by molar-refractivity contribution is -0.140. The van der Waals surface area contributed by atoms with Gasteiger partial charge in [-0.05, 0) is 25.8 Å². The first-order valence-electron chi connectivity index (χ1n) is 8.42. The molecule has 0 radical (unpaired) electrons. The van der Waals surface area contributed by atoms with E-state index in [1.807, 2.05) is 11.8 Å². The number of pyridine rings is 1. The third kappa shape index (κ3) is 3.34. The van der Waals surface area contributed by atoms with Gasteiger partial charge in [0.05, 0.1) is 11.7 Å². The monoisotopic (exact) mass is 320 g/mol. The third-order valence-electron chi connectivity index (χ3n) is 4.93. The first-order chi connectivity index (χ1) is 10.8. The molecule has 1 aliphatic carbocycles. The molecular formula is C18H28N2O3. The fourth-order valence-corrected chi connectivity index (χ4v) is 3.40. The fourth-order valence-electron chi connectivity index (χ4n) is 3.40. The van der Waals surface area contributed by atoms with E-state index in [1.165, 1.54) is 10.6 Å². The zero-order chi connectivity index (χ0) is 17.2. The molecule has 1 heterocycles. The van der Waals surface area contributed by atoms with Gasteiger partial charge in [-0.2, -0.15) is 0 Å². The second-order valence-corrected chi connectivity index (χ2v) is 6.88. The summed E-state index contributed by atoms with van der Waals surface area (Å²) in [7, 11) is 1.67. The molecule has 2 rings (SSSR count). The quantitative estimate of drug-likeness (QED) is 0.809. The van der Waals surface area contributed by atoms with Gasteiger partial charge in [0, 0.05) is 43.9 Å². The van der Waals surface area contributed by atoms with Crippen molar-refractivity contribution in [1.82, 2.24) is 9.47 Å². The molecular weight excluding hydrogens is 292 g/mol. The number of nitrogens with zero attached hydrogens (tertiary/aromatic N) is 2. The van der Waals surface area contributed by atoms with E-state index in [4.69, 9.17) is 4.74 Å². The van der Waals surface area contributed by atoms with Crippen LogP contribution in [0.25, 0.3) is 0 Å². The highest BCUT2D eigenvalue weighted by Crippen LogP contribution is 2.46. The highest BCUT2D eigenvalue weighted by molar-refractivity contribution is 5.94. The van der Waals surface area contributed by atoms with Gasteiger partial charge in [-0.15, -0.1) is 0 Å². The van der Waals surface area contributed by atoms with Crippen LogP contribution in [0.1, 0.15) is 50.9 Å². The molecule has 0 bridgehead atoms. The van der Waals surface area contributed by atoms with Crippen LogP contribution in [0.4, 0.5) is 0 Å². The van der Waals surface area contributed by atoms with Crippen molar-refractivity contribution >= 4 is 5.91 Å². The van der Waals surface area contributed by atoms with Gasteiger partial charge < -0.3 is 14.2 Å². The van der Waals surface area contributed by atoms with Crippen LogP contribution in [0.2, 0.25) is 0 Å². The first kappa shape index (κ1) is 17.7. The normalized spacial score (nSPS) is 22.5. The standard InChI is InChI=1S/C18H28N2O3/c1-6-10-20(14-11-15(23-7-2)18(14,3)4)17(22)13-8-9-16(21)19(5)12-13/h8-9,12,14-15H,6-7,10-11H2,1-5H3/t14-,15-/m0/s1. The summed E-state index contributed by atoms with van der Waals surface area (Å²) in [5.41, 5.74) is 0.404. The number of carbonyl (C=O) groups excluding carboxylic acids is 1. The first-order valence-corrected chi connectivity index (χ1v) is 8.42. The van der Waals surface area contributed by atoms with Crippen molar-refractivity contribution in [1.29, 1.82) is 0 Å². The average Bonchev–Trinajstić information content (AvgIpc) is 2.51. The van der Waals surface area contributed by atoms with Gasteiger partial charge in [0.2, 0.25) is 5.56 Å². The maximum absolute atomic E-state index is 13.0. The minimum Gasteiger partial charge on any atom is -0.378 e. The van der Waals surface area contributed by atoms with E-state index >= 15 is 0 Å². The van der Waals surface area contributed by atoms with E-state index in [0.717, 1.165) is 12.8 Å². The molecule has 0 unspecified atom stereocenters. The SMILES string of the molecule is CCCN(C(=O)c1ccc(=O)n(C)c1)[C@H]1C[C@H](OCC)C1(C)C. The smallest absolute Gasteiger partial charge is 0.255 e. The number of rotatable bonds is 6. The Balaban J connectivity index is 2.23. The highest BCUT2D eigenvalue weighted by Gasteiger charge is 2.52. The zero-order valence-corrected chi connectivity index (χ0v) is 14.8. The Labute approximate surface area is 138 Å². The average molecular weight is 320 g/mol. The van der Waals surface area contributed by atoms with E-state index in [-0.39, 0.29) is 29.0 Å². The predicted molar refractivity (Wildman–Crippen MR) is 90.6 cm³/mol. The lowest BCUT2D eigenvalue weighted by Crippen LogP contribution is -2.63. The molecule has 1 amide bonds. The number of hydrogen-bond donors (Lipinski definition) is 0. The molecule has 1 aliphatic rings. The number of aryl methyl sites for hydroxylation is 1. The Morgan fingerprint density at radius 3 is 2.61 bits per heavy atom. The molecule has 1 aromatic heterocycles. The van der Waals surface area contributed by atoms with Crippen LogP contribution in [0.3, 0.4) is 0 Å². The molecule has 0 N–H and O–H groups in total. The van der Waals surface area contributed by atoms with Crippen LogP contribution in [-0.4, -0.2) is 40.7 Å². The summed E-state index contributed by atoms with van der Waals surface area (Å²) in [5.74, 6) is -0.00419. The zero-order valence-electron chi connectivity index (χ0n) is 14.8. The summed E-state index contributed by atoms with van der Waals surface area (Å²) in [5, 5.41) is 0. The van der Waals surface area contributed by atoms with Crippen molar-refractivity contribution in [2.24, 2.45) is 12.5 Å². The number of hydrogen-bond acceptors (Lipinski definition) is 3. The van der Waals surface area contributed by atoms with Crippen molar-refractivity contribution in [2.45, 2.75) is 52.7 Å². The van der Waals surface area contributed by atoms with Gasteiger partial charge in [-0.25, -0.2) is 0 Å². The largest absolute Gasteiger partial charge is 0.378 e. The van der Waals surface area contributed by atoms with Crippen LogP contribution in [-0.2, 0) is 11.8 Å². The lowest BCUT2D eigenvalue weighted by Gasteiger charge is -2.55. The fraction of sp³-hybridized carbons (Fsp3) is 0.667. The highest BCUT2D eigenvalue weighted by atomic mass is 16.5. The van der Waals surface area contributed by atoms with Crippen LogP contribution in [0.5, 0.6) is 0 Å². The summed E-state index contributed by atoms with van der Waals surface area (Å²) in [6, 6.07) is 3.24. The van der Waals surface area contributed by atoms with Crippen molar-refractivity contribution in [3.8, 4) is 0 Å². The topological polar surface area (TPSA) is 51.5 Å². The molecule has 5 heteroatoms. The van der Waals surface area contributed by atoms with Gasteiger partial charge in [-0.1, -0.05) is 20.8 Å². The van der Waals surface area contributed by atoms with Gasteiger partial charge >= 0.3 is 0 Å². The van der Waals surface area contributed by atoms with Crippen LogP contribution >= 0.6 is 0 Å².